The molecule has 5 nitrogen and oxygen atoms in total. The Morgan fingerprint density at radius 3 is 2.33 bits per heavy atom. The van der Waals surface area contributed by atoms with Gasteiger partial charge in [0.15, 0.2) is 12.4 Å². The fraction of sp³-hybridized carbons (Fsp3) is 0.188. The lowest BCUT2D eigenvalue weighted by atomic mass is 10.1. The number of nitrogens with zero attached hydrogens (tertiary/aromatic N) is 4. The molecule has 1 aromatic carbocycles. The number of aromatic nitrogens is 1. The van der Waals surface area contributed by atoms with Crippen molar-refractivity contribution in [1.82, 2.24) is 9.91 Å². The van der Waals surface area contributed by atoms with Gasteiger partial charge in [0.1, 0.15) is 6.34 Å². The van der Waals surface area contributed by atoms with E-state index >= 15 is 0 Å². The molecule has 1 atom stereocenters. The summed E-state index contributed by atoms with van der Waals surface area (Å²) in [4.78, 5) is 1.96. The van der Waals surface area contributed by atoms with Gasteiger partial charge < -0.3 is 0 Å². The van der Waals surface area contributed by atoms with Gasteiger partial charge in [0.2, 0.25) is 6.29 Å². The van der Waals surface area contributed by atoms with Crippen molar-refractivity contribution in [3.8, 4) is 0 Å². The molecule has 3 rings (SSSR count). The quantitative estimate of drug-likeness (QED) is 0.866. The lowest BCUT2D eigenvalue weighted by molar-refractivity contribution is -0.729. The van der Waals surface area contributed by atoms with E-state index in [0.717, 1.165) is 5.56 Å². The zero-order valence-electron chi connectivity index (χ0n) is 12.2. The Balaban J connectivity index is 2.03. The Morgan fingerprint density at radius 2 is 1.76 bits per heavy atom. The Morgan fingerprint density at radius 1 is 1.10 bits per heavy atom. The maximum absolute atomic E-state index is 6.16. The van der Waals surface area contributed by atoms with E-state index in [0.29, 0.717) is 6.29 Å². The molecule has 1 aromatic heterocycles. The van der Waals surface area contributed by atoms with E-state index in [1.54, 1.807) is 11.3 Å². The smallest absolute Gasteiger partial charge is 0.264 e. The van der Waals surface area contributed by atoms with Crippen LogP contribution >= 0.6 is 0 Å². The number of hydrogen-bond acceptors (Lipinski definition) is 4. The Bertz CT molecular complexity index is 623. The Hall–Kier alpha value is -2.40. The second kappa shape index (κ2) is 5.54. The number of rotatable bonds is 3. The molecule has 107 valence electrons. The van der Waals surface area contributed by atoms with Crippen LogP contribution in [-0.2, 0) is 0 Å². The highest BCUT2D eigenvalue weighted by Crippen LogP contribution is 2.24. The van der Waals surface area contributed by atoms with E-state index in [4.69, 9.17) is 5.73 Å². The summed E-state index contributed by atoms with van der Waals surface area (Å²) in [6, 6.07) is 14.5. The van der Waals surface area contributed by atoms with Crippen LogP contribution < -0.4 is 10.3 Å². The molecule has 2 aromatic rings. The van der Waals surface area contributed by atoms with Crippen LogP contribution in [0, 0.1) is 13.2 Å². The third-order valence-electron chi connectivity index (χ3n) is 3.61. The van der Waals surface area contributed by atoms with Gasteiger partial charge in [-0.2, -0.15) is 9.67 Å². The summed E-state index contributed by atoms with van der Waals surface area (Å²) in [5, 5.41) is 5.92. The van der Waals surface area contributed by atoms with Crippen LogP contribution in [0.5, 0.6) is 0 Å². The average molecular weight is 281 g/mol. The molecule has 2 N–H and O–H groups in total. The molecule has 2 heterocycles. The van der Waals surface area contributed by atoms with Crippen LogP contribution in [-0.4, -0.2) is 23.3 Å². The van der Waals surface area contributed by atoms with Gasteiger partial charge in [0, 0.05) is 24.7 Å². The van der Waals surface area contributed by atoms with Crippen molar-refractivity contribution in [2.24, 2.45) is 10.8 Å². The summed E-state index contributed by atoms with van der Waals surface area (Å²) in [7, 11) is 1.84. The van der Waals surface area contributed by atoms with Crippen molar-refractivity contribution in [3.63, 3.8) is 0 Å². The van der Waals surface area contributed by atoms with Crippen molar-refractivity contribution in [2.75, 3.05) is 7.05 Å². The van der Waals surface area contributed by atoms with E-state index in [1.165, 1.54) is 5.56 Å². The molecule has 1 unspecified atom stereocenters. The third-order valence-corrected chi connectivity index (χ3v) is 3.61. The first kappa shape index (κ1) is 13.6. The van der Waals surface area contributed by atoms with Crippen LogP contribution in [0.4, 0.5) is 0 Å². The molecular weight excluding hydrogens is 262 g/mol. The van der Waals surface area contributed by atoms with Crippen LogP contribution in [0.25, 0.3) is 0 Å². The SMILES string of the molecule is Cc1ccc(C(N2C=NN(C)[C]2N)[n+]2ccccc2)cc1. The van der Waals surface area contributed by atoms with Gasteiger partial charge >= 0.3 is 0 Å². The van der Waals surface area contributed by atoms with Crippen molar-refractivity contribution in [2.45, 2.75) is 13.1 Å². The van der Waals surface area contributed by atoms with Crippen molar-refractivity contribution in [1.29, 1.82) is 0 Å². The summed E-state index contributed by atoms with van der Waals surface area (Å²) in [5.41, 5.74) is 8.55. The predicted octanol–water partition coefficient (Wildman–Crippen LogP) is 1.43. The molecule has 1 aliphatic heterocycles. The normalized spacial score (nSPS) is 16.5. The zero-order chi connectivity index (χ0) is 14.8. The molecule has 0 bridgehead atoms. The molecule has 0 fully saturated rings. The van der Waals surface area contributed by atoms with Crippen LogP contribution in [0.1, 0.15) is 17.3 Å². The first-order valence-electron chi connectivity index (χ1n) is 6.88. The highest BCUT2D eigenvalue weighted by atomic mass is 15.6. The van der Waals surface area contributed by atoms with Gasteiger partial charge in [-0.3, -0.25) is 15.6 Å². The summed E-state index contributed by atoms with van der Waals surface area (Å²) < 4.78 is 2.11. The van der Waals surface area contributed by atoms with Gasteiger partial charge in [0.25, 0.3) is 6.17 Å². The van der Waals surface area contributed by atoms with Crippen LogP contribution in [0.15, 0.2) is 60.0 Å². The second-order valence-electron chi connectivity index (χ2n) is 5.13. The highest BCUT2D eigenvalue weighted by Gasteiger charge is 2.36. The van der Waals surface area contributed by atoms with Crippen LogP contribution in [0.2, 0.25) is 0 Å². The molecule has 1 radical (unpaired) electrons. The fourth-order valence-corrected chi connectivity index (χ4v) is 2.40. The molecule has 0 amide bonds. The predicted molar refractivity (Wildman–Crippen MR) is 81.5 cm³/mol. The summed E-state index contributed by atoms with van der Waals surface area (Å²) in [5.74, 6) is 0. The Labute approximate surface area is 124 Å². The highest BCUT2D eigenvalue weighted by molar-refractivity contribution is 5.59. The maximum Gasteiger partial charge on any atom is 0.264 e. The average Bonchev–Trinajstić information content (AvgIpc) is 2.83. The lowest BCUT2D eigenvalue weighted by Gasteiger charge is -2.27. The molecular formula is C16H19N5+. The van der Waals surface area contributed by atoms with Gasteiger partial charge in [-0.15, -0.1) is 0 Å². The minimum absolute atomic E-state index is 0.0551. The molecule has 5 heteroatoms. The van der Waals surface area contributed by atoms with E-state index in [9.17, 15) is 0 Å². The van der Waals surface area contributed by atoms with Gasteiger partial charge in [-0.1, -0.05) is 35.9 Å². The second-order valence-corrected chi connectivity index (χ2v) is 5.13. The maximum atomic E-state index is 6.16. The van der Waals surface area contributed by atoms with E-state index in [2.05, 4.69) is 40.9 Å². The molecule has 21 heavy (non-hydrogen) atoms. The topological polar surface area (TPSA) is 48.7 Å². The van der Waals surface area contributed by atoms with Gasteiger partial charge in [0.05, 0.1) is 0 Å². The van der Waals surface area contributed by atoms with Crippen molar-refractivity contribution in [3.05, 3.63) is 72.3 Å². The van der Waals surface area contributed by atoms with Crippen molar-refractivity contribution >= 4 is 6.34 Å². The van der Waals surface area contributed by atoms with Gasteiger partial charge in [-0.25, -0.2) is 0 Å². The Kier molecular flexibility index (Phi) is 3.58. The standard InChI is InChI=1S/C16H19N5/c1-13-6-8-14(9-7-13)15(20-10-4-3-5-11-20)21-12-18-19(2)16(21)17/h3-12,15H,17H2,1-2H3/q+1. The van der Waals surface area contributed by atoms with Crippen LogP contribution in [0.3, 0.4) is 0 Å². The number of pyridine rings is 1. The minimum Gasteiger partial charge on any atom is -0.285 e. The van der Waals surface area contributed by atoms with Crippen molar-refractivity contribution < 1.29 is 4.57 Å². The minimum atomic E-state index is -0.0551. The molecule has 0 aliphatic carbocycles. The summed E-state index contributed by atoms with van der Waals surface area (Å²) in [6.07, 6.45) is 6.38. The lowest BCUT2D eigenvalue weighted by Crippen LogP contribution is -2.52. The monoisotopic (exact) mass is 281 g/mol. The first-order valence-corrected chi connectivity index (χ1v) is 6.88. The van der Waals surface area contributed by atoms with E-state index in [-0.39, 0.29) is 6.17 Å². The van der Waals surface area contributed by atoms with E-state index < -0.39 is 0 Å². The fourth-order valence-electron chi connectivity index (χ4n) is 2.40. The number of nitrogens with two attached hydrogens (primary N) is 1. The molecule has 1 aliphatic rings. The van der Waals surface area contributed by atoms with Gasteiger partial charge in [-0.05, 0) is 6.92 Å². The van der Waals surface area contributed by atoms with E-state index in [1.807, 2.05) is 42.5 Å². The molecule has 0 spiro atoms. The zero-order valence-corrected chi connectivity index (χ0v) is 12.2. The largest absolute Gasteiger partial charge is 0.285 e. The number of aryl methyl sites for hydroxylation is 1. The molecule has 0 saturated carbocycles. The number of hydrogen-bond donors (Lipinski definition) is 1. The summed E-state index contributed by atoms with van der Waals surface area (Å²) in [6.45, 7) is 2.08. The summed E-state index contributed by atoms with van der Waals surface area (Å²) >= 11 is 0. The first-order chi connectivity index (χ1) is 10.2. The molecule has 0 saturated heterocycles. The third kappa shape index (κ3) is 2.60. The number of hydrazone groups is 1. The number of benzene rings is 1.